The molecule has 11 heteroatoms. The van der Waals surface area contributed by atoms with Gasteiger partial charge in [-0.3, -0.25) is 14.4 Å². The van der Waals surface area contributed by atoms with Gasteiger partial charge in [0, 0.05) is 29.5 Å². The van der Waals surface area contributed by atoms with E-state index in [4.69, 9.17) is 0 Å². The summed E-state index contributed by atoms with van der Waals surface area (Å²) in [4.78, 5) is 44.9. The maximum absolute atomic E-state index is 13.3. The monoisotopic (exact) mass is 506 g/mol. The molecule has 37 heavy (non-hydrogen) atoms. The quantitative estimate of drug-likeness (QED) is 0.265. The topological polar surface area (TPSA) is 125 Å². The van der Waals surface area contributed by atoms with Crippen molar-refractivity contribution in [3.63, 3.8) is 0 Å². The molecule has 3 aromatic carbocycles. The van der Waals surface area contributed by atoms with Crippen LogP contribution in [0.1, 0.15) is 36.7 Å². The molecule has 4 N–H and O–H groups in total. The van der Waals surface area contributed by atoms with Gasteiger partial charge in [-0.2, -0.15) is 4.98 Å². The molecule has 0 aliphatic rings. The molecular formula is C26H24F2N6O3. The van der Waals surface area contributed by atoms with E-state index in [9.17, 15) is 23.2 Å². The van der Waals surface area contributed by atoms with Gasteiger partial charge < -0.3 is 21.3 Å². The standard InChI is InChI=1S/C26H24F2N6O3/c1-26(2,3)34-21-20(22(35)23(21)36)32-19-10-11-29-25(33-19)31-16-7-5-15(6-8-16)24(37)30-13-14-4-9-17(27)18(28)12-14/h4-12,34H,13H2,1-3H3,(H,30,37)(H2,29,31,32,33). The highest BCUT2D eigenvalue weighted by molar-refractivity contribution is 5.94. The molecule has 0 aliphatic carbocycles. The van der Waals surface area contributed by atoms with E-state index in [2.05, 4.69) is 31.2 Å². The summed E-state index contributed by atoms with van der Waals surface area (Å²) in [5, 5.41) is 11.5. The van der Waals surface area contributed by atoms with Gasteiger partial charge in [-0.1, -0.05) is 6.07 Å². The highest BCUT2D eigenvalue weighted by Gasteiger charge is 2.25. The normalized spacial score (nSPS) is 11.3. The number of carbonyl (C=O) groups is 1. The first-order valence-electron chi connectivity index (χ1n) is 11.3. The number of anilines is 5. The zero-order chi connectivity index (χ0) is 26.7. The first kappa shape index (κ1) is 25.4. The molecule has 0 bridgehead atoms. The van der Waals surface area contributed by atoms with Crippen LogP contribution in [-0.4, -0.2) is 21.4 Å². The van der Waals surface area contributed by atoms with E-state index in [1.165, 1.54) is 12.3 Å². The lowest BCUT2D eigenvalue weighted by atomic mass is 10.1. The summed E-state index contributed by atoms with van der Waals surface area (Å²) in [6.07, 6.45) is 1.49. The molecule has 0 fully saturated rings. The molecule has 0 spiro atoms. The zero-order valence-electron chi connectivity index (χ0n) is 20.3. The van der Waals surface area contributed by atoms with Crippen LogP contribution in [0.3, 0.4) is 0 Å². The molecular weight excluding hydrogens is 482 g/mol. The average molecular weight is 507 g/mol. The van der Waals surface area contributed by atoms with E-state index in [1.54, 1.807) is 30.3 Å². The highest BCUT2D eigenvalue weighted by Crippen LogP contribution is 2.23. The van der Waals surface area contributed by atoms with Gasteiger partial charge in [-0.15, -0.1) is 0 Å². The lowest BCUT2D eigenvalue weighted by Gasteiger charge is -2.24. The summed E-state index contributed by atoms with van der Waals surface area (Å²) in [6.45, 7) is 5.67. The molecule has 0 aliphatic heterocycles. The summed E-state index contributed by atoms with van der Waals surface area (Å²) in [5.41, 5.74) is 0.131. The van der Waals surface area contributed by atoms with Crippen LogP contribution in [0.2, 0.25) is 0 Å². The lowest BCUT2D eigenvalue weighted by molar-refractivity contribution is 0.0951. The molecule has 0 unspecified atom stereocenters. The first-order valence-corrected chi connectivity index (χ1v) is 11.3. The number of nitrogens with zero attached hydrogens (tertiary/aromatic N) is 2. The molecule has 1 heterocycles. The number of nitrogens with one attached hydrogen (secondary N) is 4. The molecule has 0 saturated carbocycles. The van der Waals surface area contributed by atoms with E-state index in [0.717, 1.165) is 12.1 Å². The fourth-order valence-corrected chi connectivity index (χ4v) is 3.39. The SMILES string of the molecule is CC(C)(C)Nc1c(Nc2ccnc(Nc3ccc(C(=O)NCc4ccc(F)c(F)c4)cc3)n2)c(=O)c1=O. The molecule has 9 nitrogen and oxygen atoms in total. The van der Waals surface area contributed by atoms with Crippen molar-refractivity contribution in [2.24, 2.45) is 0 Å². The smallest absolute Gasteiger partial charge is 0.253 e. The largest absolute Gasteiger partial charge is 0.375 e. The van der Waals surface area contributed by atoms with Gasteiger partial charge in [0.2, 0.25) is 5.95 Å². The Labute approximate surface area is 210 Å². The van der Waals surface area contributed by atoms with Crippen molar-refractivity contribution in [2.75, 3.05) is 16.0 Å². The van der Waals surface area contributed by atoms with Crippen LogP contribution in [0.5, 0.6) is 0 Å². The first-order chi connectivity index (χ1) is 17.5. The van der Waals surface area contributed by atoms with E-state index in [1.807, 2.05) is 20.8 Å². The fraction of sp³-hybridized carbons (Fsp3) is 0.192. The van der Waals surface area contributed by atoms with Gasteiger partial charge in [0.15, 0.2) is 11.6 Å². The van der Waals surface area contributed by atoms with Crippen molar-refractivity contribution in [1.82, 2.24) is 15.3 Å². The number of hydrogen-bond donors (Lipinski definition) is 4. The Morgan fingerprint density at radius 1 is 0.892 bits per heavy atom. The van der Waals surface area contributed by atoms with E-state index in [-0.39, 0.29) is 29.8 Å². The van der Waals surface area contributed by atoms with Gasteiger partial charge in [0.1, 0.15) is 17.2 Å². The predicted molar refractivity (Wildman–Crippen MR) is 137 cm³/mol. The Hall–Kier alpha value is -4.67. The summed E-state index contributed by atoms with van der Waals surface area (Å²) in [6, 6.07) is 11.5. The number of halogens is 2. The van der Waals surface area contributed by atoms with Gasteiger partial charge in [0.25, 0.3) is 16.8 Å². The summed E-state index contributed by atoms with van der Waals surface area (Å²) in [7, 11) is 0. The Morgan fingerprint density at radius 2 is 1.59 bits per heavy atom. The third-order valence-electron chi connectivity index (χ3n) is 5.16. The van der Waals surface area contributed by atoms with Crippen LogP contribution in [0.25, 0.3) is 0 Å². The molecule has 0 radical (unpaired) electrons. The van der Waals surface area contributed by atoms with E-state index < -0.39 is 28.0 Å². The average Bonchev–Trinajstić information content (AvgIpc) is 2.86. The van der Waals surface area contributed by atoms with Crippen LogP contribution >= 0.6 is 0 Å². The number of carbonyl (C=O) groups excluding carboxylic acids is 1. The number of amides is 1. The van der Waals surface area contributed by atoms with Crippen LogP contribution in [0.4, 0.5) is 37.6 Å². The second kappa shape index (κ2) is 10.1. The predicted octanol–water partition coefficient (Wildman–Crippen LogP) is 3.98. The minimum Gasteiger partial charge on any atom is -0.375 e. The molecule has 1 aromatic heterocycles. The van der Waals surface area contributed by atoms with Crippen molar-refractivity contribution >= 4 is 34.7 Å². The Balaban J connectivity index is 1.38. The van der Waals surface area contributed by atoms with Crippen molar-refractivity contribution in [1.29, 1.82) is 0 Å². The maximum Gasteiger partial charge on any atom is 0.253 e. The van der Waals surface area contributed by atoms with Crippen LogP contribution in [-0.2, 0) is 6.54 Å². The summed E-state index contributed by atoms with van der Waals surface area (Å²) < 4.78 is 26.4. The van der Waals surface area contributed by atoms with Crippen LogP contribution in [0, 0.1) is 11.6 Å². The second-order valence-electron chi connectivity index (χ2n) is 9.31. The third kappa shape index (κ3) is 6.13. The molecule has 190 valence electrons. The van der Waals surface area contributed by atoms with Crippen LogP contribution in [0.15, 0.2) is 64.3 Å². The van der Waals surface area contributed by atoms with Crippen molar-refractivity contribution in [2.45, 2.75) is 32.9 Å². The van der Waals surface area contributed by atoms with Gasteiger partial charge in [0.05, 0.1) is 0 Å². The number of aromatic nitrogens is 2. The van der Waals surface area contributed by atoms with Gasteiger partial charge in [-0.05, 0) is 68.8 Å². The van der Waals surface area contributed by atoms with Crippen molar-refractivity contribution in [3.8, 4) is 0 Å². The lowest BCUT2D eigenvalue weighted by Crippen LogP contribution is -2.41. The zero-order valence-corrected chi connectivity index (χ0v) is 20.3. The van der Waals surface area contributed by atoms with Crippen molar-refractivity contribution < 1.29 is 13.6 Å². The molecule has 0 saturated heterocycles. The Kier molecular flexibility index (Phi) is 6.96. The Bertz CT molecular complexity index is 1520. The minimum atomic E-state index is -0.977. The van der Waals surface area contributed by atoms with Crippen molar-refractivity contribution in [3.05, 3.63) is 97.9 Å². The summed E-state index contributed by atoms with van der Waals surface area (Å²) >= 11 is 0. The van der Waals surface area contributed by atoms with Gasteiger partial charge in [-0.25, -0.2) is 13.8 Å². The van der Waals surface area contributed by atoms with Crippen LogP contribution < -0.4 is 32.1 Å². The maximum atomic E-state index is 13.3. The second-order valence-corrected chi connectivity index (χ2v) is 9.31. The minimum absolute atomic E-state index is 0.0428. The number of rotatable bonds is 8. The number of hydrogen-bond acceptors (Lipinski definition) is 8. The summed E-state index contributed by atoms with van der Waals surface area (Å²) in [5.74, 6) is -1.77. The van der Waals surface area contributed by atoms with Gasteiger partial charge >= 0.3 is 0 Å². The van der Waals surface area contributed by atoms with E-state index >= 15 is 0 Å². The molecule has 4 rings (SSSR count). The van der Waals surface area contributed by atoms with E-state index in [0.29, 0.717) is 22.6 Å². The highest BCUT2D eigenvalue weighted by atomic mass is 19.2. The Morgan fingerprint density at radius 3 is 2.27 bits per heavy atom. The fourth-order valence-electron chi connectivity index (χ4n) is 3.39. The molecule has 1 amide bonds. The molecule has 0 atom stereocenters. The number of benzene rings is 2. The molecule has 4 aromatic rings. The third-order valence-corrected chi connectivity index (χ3v) is 5.16.